The maximum atomic E-state index is 12.2. The van der Waals surface area contributed by atoms with Crippen LogP contribution in [0.1, 0.15) is 25.8 Å². The molecule has 5 heteroatoms. The molecule has 104 valence electrons. The smallest absolute Gasteiger partial charge is 0.323 e. The van der Waals surface area contributed by atoms with E-state index in [2.05, 4.69) is 15.9 Å². The number of hydrogen-bond donors (Lipinski definition) is 1. The largest absolute Gasteiger partial charge is 0.480 e. The number of carboxylic acid groups (broad SMARTS) is 1. The molecule has 0 bridgehead atoms. The fourth-order valence-corrected chi connectivity index (χ4v) is 2.23. The van der Waals surface area contributed by atoms with Crippen LogP contribution in [0.3, 0.4) is 0 Å². The molecule has 0 saturated heterocycles. The van der Waals surface area contributed by atoms with Crippen molar-refractivity contribution in [2.24, 2.45) is 0 Å². The van der Waals surface area contributed by atoms with Gasteiger partial charge in [-0.05, 0) is 31.0 Å². The van der Waals surface area contributed by atoms with Crippen molar-refractivity contribution in [1.82, 2.24) is 4.90 Å². The van der Waals surface area contributed by atoms with Crippen molar-refractivity contribution in [2.75, 3.05) is 6.54 Å². The molecule has 19 heavy (non-hydrogen) atoms. The third kappa shape index (κ3) is 5.03. The van der Waals surface area contributed by atoms with E-state index in [1.165, 1.54) is 4.90 Å². The van der Waals surface area contributed by atoms with Gasteiger partial charge in [-0.2, -0.15) is 0 Å². The number of carboxylic acids is 1. The summed E-state index contributed by atoms with van der Waals surface area (Å²) in [6.07, 6.45) is 0.953. The normalized spacial score (nSPS) is 11.9. The summed E-state index contributed by atoms with van der Waals surface area (Å²) >= 11 is 3.35. The van der Waals surface area contributed by atoms with Gasteiger partial charge in [0.1, 0.15) is 6.54 Å². The van der Waals surface area contributed by atoms with Crippen molar-refractivity contribution < 1.29 is 14.7 Å². The van der Waals surface area contributed by atoms with Crippen LogP contribution < -0.4 is 0 Å². The van der Waals surface area contributed by atoms with Crippen LogP contribution in [-0.2, 0) is 16.0 Å². The van der Waals surface area contributed by atoms with Gasteiger partial charge in [0.25, 0.3) is 0 Å². The molecular formula is C14H18BrNO3. The fourth-order valence-electron chi connectivity index (χ4n) is 1.78. The first-order valence-corrected chi connectivity index (χ1v) is 6.99. The molecule has 0 aliphatic carbocycles. The molecule has 1 rings (SSSR count). The molecule has 1 N–H and O–H groups in total. The highest BCUT2D eigenvalue weighted by Gasteiger charge is 2.21. The lowest BCUT2D eigenvalue weighted by Crippen LogP contribution is -2.42. The van der Waals surface area contributed by atoms with Crippen LogP contribution in [0, 0.1) is 0 Å². The maximum absolute atomic E-state index is 12.2. The van der Waals surface area contributed by atoms with Crippen LogP contribution >= 0.6 is 15.9 Å². The van der Waals surface area contributed by atoms with E-state index >= 15 is 0 Å². The molecule has 0 spiro atoms. The first-order valence-electron chi connectivity index (χ1n) is 6.19. The molecule has 4 nitrogen and oxygen atoms in total. The zero-order valence-electron chi connectivity index (χ0n) is 11.1. The molecule has 0 aromatic heterocycles. The van der Waals surface area contributed by atoms with E-state index in [0.717, 1.165) is 16.5 Å². The van der Waals surface area contributed by atoms with Gasteiger partial charge in [0.2, 0.25) is 5.91 Å². The van der Waals surface area contributed by atoms with Gasteiger partial charge in [-0.25, -0.2) is 0 Å². The molecule has 0 fully saturated rings. The summed E-state index contributed by atoms with van der Waals surface area (Å²) in [4.78, 5) is 24.5. The van der Waals surface area contributed by atoms with Crippen LogP contribution in [0.5, 0.6) is 0 Å². The topological polar surface area (TPSA) is 57.6 Å². The Morgan fingerprint density at radius 1 is 1.42 bits per heavy atom. The second-order valence-electron chi connectivity index (χ2n) is 4.48. The average molecular weight is 328 g/mol. The second kappa shape index (κ2) is 7.28. The van der Waals surface area contributed by atoms with Crippen molar-refractivity contribution in [3.05, 3.63) is 34.3 Å². The van der Waals surface area contributed by atoms with E-state index in [-0.39, 0.29) is 24.9 Å². The molecule has 0 heterocycles. The molecule has 0 saturated carbocycles. The van der Waals surface area contributed by atoms with Gasteiger partial charge in [0.05, 0.1) is 6.42 Å². The van der Waals surface area contributed by atoms with Crippen LogP contribution in [0.15, 0.2) is 28.7 Å². The van der Waals surface area contributed by atoms with E-state index in [4.69, 9.17) is 5.11 Å². The Labute approximate surface area is 121 Å². The first-order chi connectivity index (χ1) is 8.93. The number of amides is 1. The second-order valence-corrected chi connectivity index (χ2v) is 5.40. The minimum atomic E-state index is -0.983. The Kier molecular flexibility index (Phi) is 6.02. The van der Waals surface area contributed by atoms with Crippen LogP contribution in [0.2, 0.25) is 0 Å². The monoisotopic (exact) mass is 327 g/mol. The number of carbonyl (C=O) groups is 2. The summed E-state index contributed by atoms with van der Waals surface area (Å²) < 4.78 is 0.908. The Balaban J connectivity index is 2.79. The highest BCUT2D eigenvalue weighted by molar-refractivity contribution is 9.10. The van der Waals surface area contributed by atoms with E-state index in [1.54, 1.807) is 0 Å². The summed E-state index contributed by atoms with van der Waals surface area (Å²) in [5, 5.41) is 8.89. The Bertz CT molecular complexity index is 462. The molecule has 1 aromatic rings. The van der Waals surface area contributed by atoms with Crippen LogP contribution in [-0.4, -0.2) is 34.5 Å². The summed E-state index contributed by atoms with van der Waals surface area (Å²) in [7, 11) is 0. The lowest BCUT2D eigenvalue weighted by molar-refractivity contribution is -0.145. The van der Waals surface area contributed by atoms with Crippen LogP contribution in [0.4, 0.5) is 0 Å². The molecular weight excluding hydrogens is 310 g/mol. The van der Waals surface area contributed by atoms with Crippen molar-refractivity contribution in [3.63, 3.8) is 0 Å². The summed E-state index contributed by atoms with van der Waals surface area (Å²) in [5.74, 6) is -1.14. The molecule has 1 unspecified atom stereocenters. The number of halogens is 1. The highest BCUT2D eigenvalue weighted by Crippen LogP contribution is 2.14. The van der Waals surface area contributed by atoms with Crippen molar-refractivity contribution in [1.29, 1.82) is 0 Å². The summed E-state index contributed by atoms with van der Waals surface area (Å²) in [5.41, 5.74) is 0.873. The molecule has 0 aliphatic rings. The lowest BCUT2D eigenvalue weighted by Gasteiger charge is -2.27. The van der Waals surface area contributed by atoms with Gasteiger partial charge >= 0.3 is 5.97 Å². The summed E-state index contributed by atoms with van der Waals surface area (Å²) in [6, 6.07) is 7.40. The third-order valence-electron chi connectivity index (χ3n) is 2.99. The van der Waals surface area contributed by atoms with Crippen molar-refractivity contribution in [3.8, 4) is 0 Å². The van der Waals surface area contributed by atoms with Gasteiger partial charge < -0.3 is 10.0 Å². The number of aliphatic carboxylic acids is 1. The third-order valence-corrected chi connectivity index (χ3v) is 3.49. The van der Waals surface area contributed by atoms with Gasteiger partial charge in [-0.1, -0.05) is 35.0 Å². The molecule has 1 atom stereocenters. The molecule has 1 amide bonds. The van der Waals surface area contributed by atoms with Gasteiger partial charge in [0, 0.05) is 10.5 Å². The Morgan fingerprint density at radius 3 is 2.63 bits per heavy atom. The first kappa shape index (κ1) is 15.7. The SMILES string of the molecule is CCC(C)N(CC(=O)O)C(=O)Cc1cccc(Br)c1. The maximum Gasteiger partial charge on any atom is 0.323 e. The standard InChI is InChI=1S/C14H18BrNO3/c1-3-10(2)16(9-14(18)19)13(17)8-11-5-4-6-12(15)7-11/h4-7,10H,3,8-9H2,1-2H3,(H,18,19). The Hall–Kier alpha value is -1.36. The molecule has 0 aliphatic heterocycles. The molecule has 0 radical (unpaired) electrons. The quantitative estimate of drug-likeness (QED) is 0.873. The van der Waals surface area contributed by atoms with E-state index in [9.17, 15) is 9.59 Å². The van der Waals surface area contributed by atoms with Crippen molar-refractivity contribution >= 4 is 27.8 Å². The fraction of sp³-hybridized carbons (Fsp3) is 0.429. The zero-order valence-corrected chi connectivity index (χ0v) is 12.7. The summed E-state index contributed by atoms with van der Waals surface area (Å²) in [6.45, 7) is 3.55. The number of nitrogens with zero attached hydrogens (tertiary/aromatic N) is 1. The number of carbonyl (C=O) groups excluding carboxylic acids is 1. The van der Waals surface area contributed by atoms with E-state index in [0.29, 0.717) is 0 Å². The van der Waals surface area contributed by atoms with Gasteiger partial charge in [-0.15, -0.1) is 0 Å². The van der Waals surface area contributed by atoms with Crippen LogP contribution in [0.25, 0.3) is 0 Å². The highest BCUT2D eigenvalue weighted by atomic mass is 79.9. The minimum absolute atomic E-state index is 0.0734. The van der Waals surface area contributed by atoms with E-state index in [1.807, 2.05) is 38.1 Å². The average Bonchev–Trinajstić information content (AvgIpc) is 2.34. The predicted molar refractivity (Wildman–Crippen MR) is 76.9 cm³/mol. The number of benzene rings is 1. The predicted octanol–water partition coefficient (Wildman–Crippen LogP) is 2.70. The van der Waals surface area contributed by atoms with Crippen molar-refractivity contribution in [2.45, 2.75) is 32.7 Å². The number of rotatable bonds is 6. The zero-order chi connectivity index (χ0) is 14.4. The minimum Gasteiger partial charge on any atom is -0.480 e. The van der Waals surface area contributed by atoms with Gasteiger partial charge in [0.15, 0.2) is 0 Å². The molecule has 1 aromatic carbocycles. The Morgan fingerprint density at radius 2 is 2.11 bits per heavy atom. The van der Waals surface area contributed by atoms with E-state index < -0.39 is 5.97 Å². The van der Waals surface area contributed by atoms with Gasteiger partial charge in [-0.3, -0.25) is 9.59 Å². The number of hydrogen-bond acceptors (Lipinski definition) is 2. The lowest BCUT2D eigenvalue weighted by atomic mass is 10.1.